The predicted octanol–water partition coefficient (Wildman–Crippen LogP) is 1.86. The summed E-state index contributed by atoms with van der Waals surface area (Å²) in [5.41, 5.74) is 7.33. The molecular formula is C10H12Cl2N4. The molecule has 0 atom stereocenters. The number of nitrogens with zero attached hydrogens (tertiary/aromatic N) is 3. The summed E-state index contributed by atoms with van der Waals surface area (Å²) in [7, 11) is 0. The maximum atomic E-state index is 5.88. The van der Waals surface area contributed by atoms with Gasteiger partial charge in [-0.05, 0) is 17.7 Å². The number of nitrogens with two attached hydrogens (primary N) is 1. The number of hydrogen-bond donors (Lipinski definition) is 1. The Labute approximate surface area is 105 Å². The van der Waals surface area contributed by atoms with Crippen LogP contribution < -0.4 is 5.73 Å². The van der Waals surface area contributed by atoms with Crippen molar-refractivity contribution in [3.05, 3.63) is 46.7 Å². The van der Waals surface area contributed by atoms with Crippen molar-refractivity contribution >= 4 is 24.0 Å². The van der Waals surface area contributed by atoms with Gasteiger partial charge >= 0.3 is 0 Å². The van der Waals surface area contributed by atoms with E-state index in [9.17, 15) is 0 Å². The zero-order valence-electron chi connectivity index (χ0n) is 8.51. The minimum atomic E-state index is 0. The Bertz CT molecular complexity index is 456. The minimum Gasteiger partial charge on any atom is -0.325 e. The van der Waals surface area contributed by atoms with Gasteiger partial charge < -0.3 is 5.73 Å². The van der Waals surface area contributed by atoms with E-state index in [4.69, 9.17) is 17.3 Å². The van der Waals surface area contributed by atoms with E-state index in [-0.39, 0.29) is 12.4 Å². The van der Waals surface area contributed by atoms with E-state index >= 15 is 0 Å². The molecule has 0 spiro atoms. The molecule has 0 aliphatic carbocycles. The maximum absolute atomic E-state index is 5.88. The number of rotatable bonds is 3. The third kappa shape index (κ3) is 3.20. The SMILES string of the molecule is Cl.NCc1cn(Cc2cccc(Cl)c2)nn1. The maximum Gasteiger partial charge on any atom is 0.0962 e. The van der Waals surface area contributed by atoms with Crippen molar-refractivity contribution in [3.63, 3.8) is 0 Å². The van der Waals surface area contributed by atoms with E-state index in [0.29, 0.717) is 13.1 Å². The number of hydrogen-bond acceptors (Lipinski definition) is 3. The molecule has 86 valence electrons. The predicted molar refractivity (Wildman–Crippen MR) is 65.7 cm³/mol. The molecule has 0 fully saturated rings. The number of halogens is 2. The summed E-state index contributed by atoms with van der Waals surface area (Å²) >= 11 is 5.88. The van der Waals surface area contributed by atoms with E-state index < -0.39 is 0 Å². The molecular weight excluding hydrogens is 247 g/mol. The highest BCUT2D eigenvalue weighted by Gasteiger charge is 2.00. The molecule has 1 heterocycles. The zero-order valence-corrected chi connectivity index (χ0v) is 10.1. The van der Waals surface area contributed by atoms with Crippen LogP contribution in [0.2, 0.25) is 5.02 Å². The van der Waals surface area contributed by atoms with Crippen molar-refractivity contribution in [3.8, 4) is 0 Å². The van der Waals surface area contributed by atoms with Crippen molar-refractivity contribution in [1.29, 1.82) is 0 Å². The van der Waals surface area contributed by atoms with Crippen molar-refractivity contribution in [2.75, 3.05) is 0 Å². The molecule has 6 heteroatoms. The second kappa shape index (κ2) is 5.84. The summed E-state index contributed by atoms with van der Waals surface area (Å²) in [6.07, 6.45) is 1.83. The fraction of sp³-hybridized carbons (Fsp3) is 0.200. The van der Waals surface area contributed by atoms with Gasteiger partial charge in [0.1, 0.15) is 0 Å². The first-order valence-corrected chi connectivity index (χ1v) is 4.99. The average Bonchev–Trinajstić information content (AvgIpc) is 2.65. The number of benzene rings is 1. The van der Waals surface area contributed by atoms with Crippen LogP contribution in [0.1, 0.15) is 11.3 Å². The summed E-state index contributed by atoms with van der Waals surface area (Å²) in [5, 5.41) is 8.59. The molecule has 1 aromatic carbocycles. The van der Waals surface area contributed by atoms with Crippen LogP contribution in [0.15, 0.2) is 30.5 Å². The Balaban J connectivity index is 0.00000128. The first-order chi connectivity index (χ1) is 7.28. The van der Waals surface area contributed by atoms with Gasteiger partial charge in [0, 0.05) is 11.6 Å². The molecule has 2 rings (SSSR count). The van der Waals surface area contributed by atoms with E-state index in [1.807, 2.05) is 30.5 Å². The summed E-state index contributed by atoms with van der Waals surface area (Å²) in [6, 6.07) is 7.66. The summed E-state index contributed by atoms with van der Waals surface area (Å²) < 4.78 is 1.74. The topological polar surface area (TPSA) is 56.7 Å². The normalized spacial score (nSPS) is 9.88. The highest BCUT2D eigenvalue weighted by Crippen LogP contribution is 2.11. The van der Waals surface area contributed by atoms with Crippen molar-refractivity contribution < 1.29 is 0 Å². The lowest BCUT2D eigenvalue weighted by Gasteiger charge is -2.00. The monoisotopic (exact) mass is 258 g/mol. The van der Waals surface area contributed by atoms with Crippen LogP contribution in [-0.2, 0) is 13.1 Å². The minimum absolute atomic E-state index is 0. The van der Waals surface area contributed by atoms with Gasteiger partial charge in [-0.25, -0.2) is 4.68 Å². The Hall–Kier alpha value is -1.10. The molecule has 0 saturated carbocycles. The fourth-order valence-electron chi connectivity index (χ4n) is 1.33. The first kappa shape index (κ1) is 13.0. The van der Waals surface area contributed by atoms with E-state index in [1.165, 1.54) is 0 Å². The lowest BCUT2D eigenvalue weighted by Crippen LogP contribution is -2.00. The van der Waals surface area contributed by atoms with Gasteiger partial charge in [-0.3, -0.25) is 0 Å². The van der Waals surface area contributed by atoms with Gasteiger partial charge in [0.15, 0.2) is 0 Å². The van der Waals surface area contributed by atoms with Crippen LogP contribution in [-0.4, -0.2) is 15.0 Å². The molecule has 0 amide bonds. The summed E-state index contributed by atoms with van der Waals surface area (Å²) in [4.78, 5) is 0. The van der Waals surface area contributed by atoms with Crippen LogP contribution in [0, 0.1) is 0 Å². The van der Waals surface area contributed by atoms with Gasteiger partial charge in [-0.2, -0.15) is 0 Å². The highest BCUT2D eigenvalue weighted by molar-refractivity contribution is 6.30. The van der Waals surface area contributed by atoms with Gasteiger partial charge in [0.25, 0.3) is 0 Å². The average molecular weight is 259 g/mol. The lowest BCUT2D eigenvalue weighted by molar-refractivity contribution is 0.649. The van der Waals surface area contributed by atoms with Crippen LogP contribution in [0.3, 0.4) is 0 Å². The third-order valence-electron chi connectivity index (χ3n) is 2.03. The number of aromatic nitrogens is 3. The molecule has 2 N–H and O–H groups in total. The molecule has 0 aliphatic heterocycles. The van der Waals surface area contributed by atoms with Crippen LogP contribution >= 0.6 is 24.0 Å². The Morgan fingerprint density at radius 2 is 2.19 bits per heavy atom. The third-order valence-corrected chi connectivity index (χ3v) is 2.26. The Kier molecular flexibility index (Phi) is 4.73. The zero-order chi connectivity index (χ0) is 10.7. The molecule has 0 aliphatic rings. The van der Waals surface area contributed by atoms with Gasteiger partial charge in [-0.15, -0.1) is 17.5 Å². The van der Waals surface area contributed by atoms with Gasteiger partial charge in [0.05, 0.1) is 18.4 Å². The standard InChI is InChI=1S/C10H11ClN4.ClH/c11-9-3-1-2-8(4-9)6-15-7-10(5-12)13-14-15;/h1-4,7H,5-6,12H2;1H. The molecule has 1 aromatic heterocycles. The Morgan fingerprint density at radius 1 is 1.38 bits per heavy atom. The van der Waals surface area contributed by atoms with Crippen molar-refractivity contribution in [2.24, 2.45) is 5.73 Å². The van der Waals surface area contributed by atoms with E-state index in [2.05, 4.69) is 10.3 Å². The van der Waals surface area contributed by atoms with Crippen molar-refractivity contribution in [2.45, 2.75) is 13.1 Å². The molecule has 0 saturated heterocycles. The first-order valence-electron chi connectivity index (χ1n) is 4.61. The molecule has 0 bridgehead atoms. The van der Waals surface area contributed by atoms with Crippen LogP contribution in [0.4, 0.5) is 0 Å². The van der Waals surface area contributed by atoms with Crippen molar-refractivity contribution in [1.82, 2.24) is 15.0 Å². The van der Waals surface area contributed by atoms with E-state index in [0.717, 1.165) is 16.3 Å². The summed E-state index contributed by atoms with van der Waals surface area (Å²) in [6.45, 7) is 1.07. The van der Waals surface area contributed by atoms with Crippen LogP contribution in [0.5, 0.6) is 0 Å². The fourth-order valence-corrected chi connectivity index (χ4v) is 1.54. The Morgan fingerprint density at radius 3 is 2.81 bits per heavy atom. The smallest absolute Gasteiger partial charge is 0.0962 e. The highest BCUT2D eigenvalue weighted by atomic mass is 35.5. The van der Waals surface area contributed by atoms with Crippen LogP contribution in [0.25, 0.3) is 0 Å². The van der Waals surface area contributed by atoms with Gasteiger partial charge in [0.2, 0.25) is 0 Å². The van der Waals surface area contributed by atoms with E-state index in [1.54, 1.807) is 4.68 Å². The molecule has 0 radical (unpaired) electrons. The molecule has 0 unspecified atom stereocenters. The summed E-state index contributed by atoms with van der Waals surface area (Å²) in [5.74, 6) is 0. The largest absolute Gasteiger partial charge is 0.325 e. The quantitative estimate of drug-likeness (QED) is 0.915. The second-order valence-corrected chi connectivity index (χ2v) is 3.68. The molecule has 2 aromatic rings. The molecule has 16 heavy (non-hydrogen) atoms. The lowest BCUT2D eigenvalue weighted by atomic mass is 10.2. The van der Waals surface area contributed by atoms with Gasteiger partial charge in [-0.1, -0.05) is 28.9 Å². The molecule has 4 nitrogen and oxygen atoms in total. The second-order valence-electron chi connectivity index (χ2n) is 3.24.